The summed E-state index contributed by atoms with van der Waals surface area (Å²) in [6, 6.07) is 12.6. The summed E-state index contributed by atoms with van der Waals surface area (Å²) >= 11 is 0. The smallest absolute Gasteiger partial charge is 0.266 e. The number of amides is 3. The largest absolute Gasteiger partial charge is 0.352 e. The van der Waals surface area contributed by atoms with Crippen molar-refractivity contribution in [3.63, 3.8) is 0 Å². The van der Waals surface area contributed by atoms with Gasteiger partial charge in [0.1, 0.15) is 0 Å². The molecule has 2 aromatic carbocycles. The number of benzene rings is 2. The van der Waals surface area contributed by atoms with Crippen molar-refractivity contribution in [2.24, 2.45) is 0 Å². The van der Waals surface area contributed by atoms with E-state index < -0.39 is 0 Å². The Morgan fingerprint density at radius 1 is 1.06 bits per heavy atom. The molecule has 2 heterocycles. The zero-order chi connectivity index (χ0) is 22.0. The molecule has 6 nitrogen and oxygen atoms in total. The predicted molar refractivity (Wildman–Crippen MR) is 128 cm³/mol. The van der Waals surface area contributed by atoms with Crippen LogP contribution in [0.5, 0.6) is 0 Å². The summed E-state index contributed by atoms with van der Waals surface area (Å²) in [6.07, 6.45) is 4.68. The molecule has 32 heavy (non-hydrogen) atoms. The first-order valence-electron chi connectivity index (χ1n) is 11.1. The van der Waals surface area contributed by atoms with Crippen LogP contribution >= 0.6 is 12.4 Å². The molecule has 1 atom stereocenters. The molecule has 0 bridgehead atoms. The van der Waals surface area contributed by atoms with E-state index in [0.717, 1.165) is 25.1 Å². The number of piperidine rings is 1. The van der Waals surface area contributed by atoms with Crippen LogP contribution in [0, 0.1) is 6.92 Å². The average Bonchev–Trinajstić information content (AvgIpc) is 3.02. The highest BCUT2D eigenvalue weighted by Gasteiger charge is 2.37. The van der Waals surface area contributed by atoms with Crippen LogP contribution in [-0.2, 0) is 0 Å². The number of nitrogens with one attached hydrogen (secondary N) is 1. The Morgan fingerprint density at radius 2 is 1.84 bits per heavy atom. The SMILES string of the molecule is Cc1cccc(N2C(=O)c3ccc(C(=O)NCCCN4CCCCC4C)cc3C2=O)c1.Cl. The minimum atomic E-state index is -0.390. The third kappa shape index (κ3) is 4.87. The lowest BCUT2D eigenvalue weighted by atomic mass is 10.0. The highest BCUT2D eigenvalue weighted by atomic mass is 35.5. The van der Waals surface area contributed by atoms with Crippen LogP contribution in [0.1, 0.15) is 69.2 Å². The molecular weight excluding hydrogens is 426 g/mol. The fourth-order valence-electron chi connectivity index (χ4n) is 4.46. The number of anilines is 1. The van der Waals surface area contributed by atoms with Crippen molar-refractivity contribution < 1.29 is 14.4 Å². The van der Waals surface area contributed by atoms with E-state index >= 15 is 0 Å². The van der Waals surface area contributed by atoms with Gasteiger partial charge in [-0.1, -0.05) is 18.6 Å². The third-order valence-corrected chi connectivity index (χ3v) is 6.26. The van der Waals surface area contributed by atoms with Crippen molar-refractivity contribution in [2.45, 2.75) is 45.6 Å². The fourth-order valence-corrected chi connectivity index (χ4v) is 4.46. The quantitative estimate of drug-likeness (QED) is 0.523. The highest BCUT2D eigenvalue weighted by Crippen LogP contribution is 2.29. The van der Waals surface area contributed by atoms with Gasteiger partial charge < -0.3 is 10.2 Å². The van der Waals surface area contributed by atoms with Crippen molar-refractivity contribution in [3.8, 4) is 0 Å². The molecule has 0 aromatic heterocycles. The molecule has 0 saturated carbocycles. The van der Waals surface area contributed by atoms with E-state index in [1.54, 1.807) is 24.3 Å². The highest BCUT2D eigenvalue weighted by molar-refractivity contribution is 6.34. The molecule has 1 unspecified atom stereocenters. The molecule has 1 N–H and O–H groups in total. The van der Waals surface area contributed by atoms with E-state index in [9.17, 15) is 14.4 Å². The Balaban J connectivity index is 0.00000289. The van der Waals surface area contributed by atoms with Crippen molar-refractivity contribution in [3.05, 3.63) is 64.7 Å². The monoisotopic (exact) mass is 455 g/mol. The van der Waals surface area contributed by atoms with Crippen molar-refractivity contribution in [1.29, 1.82) is 0 Å². The number of likely N-dealkylation sites (tertiary alicyclic amines) is 1. The number of hydrogen-bond donors (Lipinski definition) is 1. The average molecular weight is 456 g/mol. The van der Waals surface area contributed by atoms with Gasteiger partial charge in [0.05, 0.1) is 16.8 Å². The van der Waals surface area contributed by atoms with E-state index in [4.69, 9.17) is 0 Å². The van der Waals surface area contributed by atoms with Crippen LogP contribution in [0.3, 0.4) is 0 Å². The van der Waals surface area contributed by atoms with Crippen LogP contribution < -0.4 is 10.2 Å². The van der Waals surface area contributed by atoms with Crippen molar-refractivity contribution >= 4 is 35.8 Å². The van der Waals surface area contributed by atoms with E-state index in [-0.39, 0.29) is 35.7 Å². The topological polar surface area (TPSA) is 69.7 Å². The molecule has 0 aliphatic carbocycles. The Labute approximate surface area is 195 Å². The zero-order valence-electron chi connectivity index (χ0n) is 18.6. The second kappa shape index (κ2) is 10.3. The summed E-state index contributed by atoms with van der Waals surface area (Å²) < 4.78 is 0. The van der Waals surface area contributed by atoms with Gasteiger partial charge in [0.25, 0.3) is 17.7 Å². The summed E-state index contributed by atoms with van der Waals surface area (Å²) in [5, 5.41) is 2.95. The van der Waals surface area contributed by atoms with Gasteiger partial charge in [-0.15, -0.1) is 12.4 Å². The number of hydrogen-bond acceptors (Lipinski definition) is 4. The van der Waals surface area contributed by atoms with Gasteiger partial charge in [0.2, 0.25) is 0 Å². The Kier molecular flexibility index (Phi) is 7.69. The molecule has 3 amide bonds. The number of aryl methyl sites for hydroxylation is 1. The van der Waals surface area contributed by atoms with Crippen molar-refractivity contribution in [1.82, 2.24) is 10.2 Å². The number of carbonyl (C=O) groups excluding carboxylic acids is 3. The molecule has 4 rings (SSSR count). The summed E-state index contributed by atoms with van der Waals surface area (Å²) in [7, 11) is 0. The maximum atomic E-state index is 12.9. The molecule has 2 aliphatic heterocycles. The summed E-state index contributed by atoms with van der Waals surface area (Å²) in [5.41, 5.74) is 2.53. The van der Waals surface area contributed by atoms with Crippen LogP contribution in [0.2, 0.25) is 0 Å². The Bertz CT molecular complexity index is 1020. The first-order chi connectivity index (χ1) is 15.0. The minimum Gasteiger partial charge on any atom is -0.352 e. The standard InChI is InChI=1S/C25H29N3O3.ClH/c1-17-7-5-9-20(15-17)28-24(30)21-11-10-19(16-22(21)25(28)31)23(29)26-12-6-14-27-13-4-3-8-18(27)2;/h5,7,9-11,15-16,18H,3-4,6,8,12-14H2,1-2H3,(H,26,29);1H. The molecule has 0 radical (unpaired) electrons. The Morgan fingerprint density at radius 3 is 2.59 bits per heavy atom. The maximum absolute atomic E-state index is 12.9. The summed E-state index contributed by atoms with van der Waals surface area (Å²) in [6.45, 7) is 6.87. The van der Waals surface area contributed by atoms with Crippen LogP contribution in [0.4, 0.5) is 5.69 Å². The summed E-state index contributed by atoms with van der Waals surface area (Å²) in [5.74, 6) is -0.962. The number of rotatable bonds is 6. The molecular formula is C25H30ClN3O3. The molecule has 2 aromatic rings. The van der Waals surface area contributed by atoms with Gasteiger partial charge in [-0.3, -0.25) is 14.4 Å². The number of halogens is 1. The molecule has 7 heteroatoms. The first kappa shape index (κ1) is 24.0. The van der Waals surface area contributed by atoms with Gasteiger partial charge in [-0.05, 0) is 75.5 Å². The third-order valence-electron chi connectivity index (χ3n) is 6.26. The normalized spacial score (nSPS) is 18.3. The van der Waals surface area contributed by atoms with Gasteiger partial charge >= 0.3 is 0 Å². The number of fused-ring (bicyclic) bond motifs is 1. The van der Waals surface area contributed by atoms with E-state index in [1.807, 2.05) is 19.1 Å². The van der Waals surface area contributed by atoms with Crippen LogP contribution in [-0.4, -0.2) is 48.3 Å². The minimum absolute atomic E-state index is 0. The number of carbonyl (C=O) groups is 3. The maximum Gasteiger partial charge on any atom is 0.266 e. The van der Waals surface area contributed by atoms with E-state index in [1.165, 1.54) is 30.2 Å². The van der Waals surface area contributed by atoms with E-state index in [2.05, 4.69) is 17.1 Å². The van der Waals surface area contributed by atoms with Crippen molar-refractivity contribution in [2.75, 3.05) is 24.5 Å². The zero-order valence-corrected chi connectivity index (χ0v) is 19.4. The fraction of sp³-hybridized carbons (Fsp3) is 0.400. The van der Waals surface area contributed by atoms with Crippen LogP contribution in [0.15, 0.2) is 42.5 Å². The molecule has 1 saturated heterocycles. The second-order valence-electron chi connectivity index (χ2n) is 8.54. The number of nitrogens with zero attached hydrogens (tertiary/aromatic N) is 2. The van der Waals surface area contributed by atoms with Gasteiger partial charge in [0, 0.05) is 24.7 Å². The molecule has 170 valence electrons. The van der Waals surface area contributed by atoms with Gasteiger partial charge in [-0.25, -0.2) is 4.90 Å². The Hall–Kier alpha value is -2.70. The second-order valence-corrected chi connectivity index (χ2v) is 8.54. The van der Waals surface area contributed by atoms with Gasteiger partial charge in [0.15, 0.2) is 0 Å². The molecule has 2 aliphatic rings. The predicted octanol–water partition coefficient (Wildman–Crippen LogP) is 4.21. The van der Waals surface area contributed by atoms with E-state index in [0.29, 0.717) is 29.4 Å². The number of imide groups is 1. The van der Waals surface area contributed by atoms with Crippen LogP contribution in [0.25, 0.3) is 0 Å². The lowest BCUT2D eigenvalue weighted by Crippen LogP contribution is -2.39. The molecule has 1 fully saturated rings. The lowest BCUT2D eigenvalue weighted by Gasteiger charge is -2.33. The summed E-state index contributed by atoms with van der Waals surface area (Å²) in [4.78, 5) is 42.0. The first-order valence-corrected chi connectivity index (χ1v) is 11.1. The lowest BCUT2D eigenvalue weighted by molar-refractivity contribution is 0.0923. The molecule has 0 spiro atoms. The van der Waals surface area contributed by atoms with Gasteiger partial charge in [-0.2, -0.15) is 0 Å².